The van der Waals surface area contributed by atoms with Crippen LogP contribution in [0.15, 0.2) is 54.6 Å². The maximum absolute atomic E-state index is 10.1. The van der Waals surface area contributed by atoms with Gasteiger partial charge >= 0.3 is 0 Å². The van der Waals surface area contributed by atoms with Crippen molar-refractivity contribution in [2.24, 2.45) is 0 Å². The second kappa shape index (κ2) is 5.65. The Kier molecular flexibility index (Phi) is 3.94. The molecule has 1 atom stereocenters. The maximum atomic E-state index is 10.1. The fourth-order valence-electron chi connectivity index (χ4n) is 1.93. The summed E-state index contributed by atoms with van der Waals surface area (Å²) >= 11 is 0. The monoisotopic (exact) mass is 226 g/mol. The lowest BCUT2D eigenvalue weighted by molar-refractivity contribution is 0.178. The highest BCUT2D eigenvalue weighted by Crippen LogP contribution is 2.18. The number of hydrogen-bond acceptors (Lipinski definition) is 1. The molecule has 0 bridgehead atoms. The van der Waals surface area contributed by atoms with Gasteiger partial charge in [-0.1, -0.05) is 61.5 Å². The third-order valence-electron chi connectivity index (χ3n) is 3.04. The number of benzene rings is 2. The highest BCUT2D eigenvalue weighted by Gasteiger charge is 2.07. The third kappa shape index (κ3) is 3.18. The minimum absolute atomic E-state index is 0.413. The molecule has 2 aromatic carbocycles. The van der Waals surface area contributed by atoms with Gasteiger partial charge in [0.15, 0.2) is 0 Å². The van der Waals surface area contributed by atoms with Crippen molar-refractivity contribution in [2.75, 3.05) is 0 Å². The number of aliphatic hydroxyl groups excluding tert-OH is 1. The molecule has 1 unspecified atom stereocenters. The number of aryl methyl sites for hydroxylation is 1. The van der Waals surface area contributed by atoms with E-state index in [1.54, 1.807) is 0 Å². The normalized spacial score (nSPS) is 12.4. The van der Waals surface area contributed by atoms with Crippen LogP contribution in [-0.4, -0.2) is 5.11 Å². The van der Waals surface area contributed by atoms with E-state index in [0.29, 0.717) is 6.42 Å². The van der Waals surface area contributed by atoms with E-state index in [9.17, 15) is 5.11 Å². The van der Waals surface area contributed by atoms with Gasteiger partial charge in [0.05, 0.1) is 6.10 Å². The van der Waals surface area contributed by atoms with E-state index in [4.69, 9.17) is 0 Å². The summed E-state index contributed by atoms with van der Waals surface area (Å²) in [5, 5.41) is 10.1. The molecular formula is C16H18O. The predicted molar refractivity (Wildman–Crippen MR) is 70.9 cm³/mol. The summed E-state index contributed by atoms with van der Waals surface area (Å²) in [7, 11) is 0. The van der Waals surface area contributed by atoms with Gasteiger partial charge < -0.3 is 5.11 Å². The fourth-order valence-corrected chi connectivity index (χ4v) is 1.93. The minimum atomic E-state index is -0.413. The first kappa shape index (κ1) is 11.9. The largest absolute Gasteiger partial charge is 0.388 e. The molecule has 0 aliphatic rings. The lowest BCUT2D eigenvalue weighted by atomic mass is 10.0. The van der Waals surface area contributed by atoms with Crippen molar-refractivity contribution in [3.8, 4) is 0 Å². The lowest BCUT2D eigenvalue weighted by Crippen LogP contribution is -2.01. The van der Waals surface area contributed by atoms with E-state index in [2.05, 4.69) is 31.2 Å². The van der Waals surface area contributed by atoms with E-state index in [1.807, 2.05) is 30.3 Å². The van der Waals surface area contributed by atoms with Crippen LogP contribution in [0.5, 0.6) is 0 Å². The van der Waals surface area contributed by atoms with Gasteiger partial charge in [-0.3, -0.25) is 0 Å². The average Bonchev–Trinajstić information content (AvgIpc) is 2.40. The first-order valence-corrected chi connectivity index (χ1v) is 6.10. The van der Waals surface area contributed by atoms with Gasteiger partial charge in [0, 0.05) is 6.42 Å². The van der Waals surface area contributed by atoms with E-state index in [0.717, 1.165) is 12.0 Å². The Labute approximate surface area is 103 Å². The Balaban J connectivity index is 2.05. The zero-order valence-electron chi connectivity index (χ0n) is 10.1. The Morgan fingerprint density at radius 2 is 1.47 bits per heavy atom. The van der Waals surface area contributed by atoms with Gasteiger partial charge in [0.2, 0.25) is 0 Å². The number of hydrogen-bond donors (Lipinski definition) is 1. The molecular weight excluding hydrogens is 208 g/mol. The molecule has 0 aliphatic heterocycles. The van der Waals surface area contributed by atoms with Crippen molar-refractivity contribution in [3.63, 3.8) is 0 Å². The second-order valence-electron chi connectivity index (χ2n) is 4.30. The molecule has 1 N–H and O–H groups in total. The summed E-state index contributed by atoms with van der Waals surface area (Å²) in [6.45, 7) is 2.15. The second-order valence-corrected chi connectivity index (χ2v) is 4.30. The first-order chi connectivity index (χ1) is 8.29. The molecule has 0 aliphatic carbocycles. The predicted octanol–water partition coefficient (Wildman–Crippen LogP) is 3.53. The lowest BCUT2D eigenvalue weighted by Gasteiger charge is -2.11. The zero-order valence-corrected chi connectivity index (χ0v) is 10.1. The van der Waals surface area contributed by atoms with Crippen LogP contribution in [0, 0.1) is 0 Å². The van der Waals surface area contributed by atoms with Crippen LogP contribution in [0.2, 0.25) is 0 Å². The van der Waals surface area contributed by atoms with Crippen molar-refractivity contribution in [1.29, 1.82) is 0 Å². The molecule has 17 heavy (non-hydrogen) atoms. The average molecular weight is 226 g/mol. The first-order valence-electron chi connectivity index (χ1n) is 6.10. The van der Waals surface area contributed by atoms with E-state index in [1.165, 1.54) is 11.1 Å². The Bertz CT molecular complexity index is 445. The van der Waals surface area contributed by atoms with Crippen LogP contribution in [-0.2, 0) is 12.8 Å². The van der Waals surface area contributed by atoms with Gasteiger partial charge in [-0.05, 0) is 23.1 Å². The smallest absolute Gasteiger partial charge is 0.0830 e. The summed E-state index contributed by atoms with van der Waals surface area (Å²) in [5.74, 6) is 0. The van der Waals surface area contributed by atoms with Crippen molar-refractivity contribution in [2.45, 2.75) is 25.9 Å². The van der Waals surface area contributed by atoms with E-state index < -0.39 is 6.10 Å². The summed E-state index contributed by atoms with van der Waals surface area (Å²) in [4.78, 5) is 0. The SMILES string of the molecule is CCc1ccc(CC(O)c2ccccc2)cc1. The van der Waals surface area contributed by atoms with Crippen molar-refractivity contribution < 1.29 is 5.11 Å². The molecule has 88 valence electrons. The van der Waals surface area contributed by atoms with E-state index in [-0.39, 0.29) is 0 Å². The maximum Gasteiger partial charge on any atom is 0.0830 e. The standard InChI is InChI=1S/C16H18O/c1-2-13-8-10-14(11-9-13)12-16(17)15-6-4-3-5-7-15/h3-11,16-17H,2,12H2,1H3. The van der Waals surface area contributed by atoms with Crippen LogP contribution in [0.3, 0.4) is 0 Å². The van der Waals surface area contributed by atoms with Crippen molar-refractivity contribution in [3.05, 3.63) is 71.3 Å². The molecule has 0 amide bonds. The Morgan fingerprint density at radius 3 is 2.06 bits per heavy atom. The summed E-state index contributed by atoms with van der Waals surface area (Å²) < 4.78 is 0. The molecule has 2 aromatic rings. The number of rotatable bonds is 4. The van der Waals surface area contributed by atoms with Gasteiger partial charge in [0.25, 0.3) is 0 Å². The molecule has 1 heteroatoms. The quantitative estimate of drug-likeness (QED) is 0.845. The van der Waals surface area contributed by atoms with E-state index >= 15 is 0 Å². The number of aliphatic hydroxyl groups is 1. The van der Waals surface area contributed by atoms with Crippen molar-refractivity contribution >= 4 is 0 Å². The van der Waals surface area contributed by atoms with Crippen molar-refractivity contribution in [1.82, 2.24) is 0 Å². The summed E-state index contributed by atoms with van der Waals surface area (Å²) in [6, 6.07) is 18.3. The highest BCUT2D eigenvalue weighted by molar-refractivity contribution is 5.25. The van der Waals surface area contributed by atoms with Gasteiger partial charge in [-0.25, -0.2) is 0 Å². The Morgan fingerprint density at radius 1 is 0.882 bits per heavy atom. The molecule has 0 saturated carbocycles. The molecule has 0 spiro atoms. The summed E-state index contributed by atoms with van der Waals surface area (Å²) in [5.41, 5.74) is 3.49. The molecule has 0 fully saturated rings. The fraction of sp³-hybridized carbons (Fsp3) is 0.250. The minimum Gasteiger partial charge on any atom is -0.388 e. The van der Waals surface area contributed by atoms with Crippen LogP contribution >= 0.6 is 0 Å². The van der Waals surface area contributed by atoms with Crippen LogP contribution in [0.25, 0.3) is 0 Å². The van der Waals surface area contributed by atoms with Crippen LogP contribution in [0.4, 0.5) is 0 Å². The van der Waals surface area contributed by atoms with Crippen LogP contribution in [0.1, 0.15) is 29.7 Å². The van der Waals surface area contributed by atoms with Gasteiger partial charge in [0.1, 0.15) is 0 Å². The zero-order chi connectivity index (χ0) is 12.1. The molecule has 2 rings (SSSR count). The van der Waals surface area contributed by atoms with Gasteiger partial charge in [-0.15, -0.1) is 0 Å². The Hall–Kier alpha value is -1.60. The molecule has 0 heterocycles. The molecule has 1 nitrogen and oxygen atoms in total. The summed E-state index contributed by atoms with van der Waals surface area (Å²) in [6.07, 6.45) is 1.32. The third-order valence-corrected chi connectivity index (χ3v) is 3.04. The van der Waals surface area contributed by atoms with Gasteiger partial charge in [-0.2, -0.15) is 0 Å². The topological polar surface area (TPSA) is 20.2 Å². The molecule has 0 saturated heterocycles. The molecule has 0 radical (unpaired) electrons. The molecule has 0 aromatic heterocycles. The highest BCUT2D eigenvalue weighted by atomic mass is 16.3. The van der Waals surface area contributed by atoms with Crippen LogP contribution < -0.4 is 0 Å².